The lowest BCUT2D eigenvalue weighted by Gasteiger charge is -2.35. The van der Waals surface area contributed by atoms with Crippen molar-refractivity contribution < 1.29 is 0 Å². The molecular formula is C23H35N7. The van der Waals surface area contributed by atoms with E-state index in [2.05, 4.69) is 65.6 Å². The van der Waals surface area contributed by atoms with Gasteiger partial charge >= 0.3 is 0 Å². The topological polar surface area (TPSA) is 70.4 Å². The molecule has 0 spiro atoms. The first-order valence-electron chi connectivity index (χ1n) is 11.5. The summed E-state index contributed by atoms with van der Waals surface area (Å²) in [6, 6.07) is 11.1. The summed E-state index contributed by atoms with van der Waals surface area (Å²) in [5, 5.41) is 16.0. The first-order chi connectivity index (χ1) is 14.8. The summed E-state index contributed by atoms with van der Waals surface area (Å²) in [5.41, 5.74) is 1.30. The van der Waals surface area contributed by atoms with Crippen molar-refractivity contribution in [3.05, 3.63) is 42.0 Å². The molecule has 30 heavy (non-hydrogen) atoms. The quantitative estimate of drug-likeness (QED) is 0.436. The second-order valence-corrected chi connectivity index (χ2v) is 8.36. The number of benzene rings is 1. The molecule has 3 heterocycles. The molecular weight excluding hydrogens is 374 g/mol. The van der Waals surface area contributed by atoms with Crippen molar-refractivity contribution in [2.45, 2.75) is 64.0 Å². The van der Waals surface area contributed by atoms with Gasteiger partial charge in [-0.15, -0.1) is 10.2 Å². The predicted octanol–water partition coefficient (Wildman–Crippen LogP) is 2.77. The molecule has 1 fully saturated rings. The fourth-order valence-electron chi connectivity index (χ4n) is 4.54. The molecule has 7 nitrogen and oxygen atoms in total. The van der Waals surface area contributed by atoms with Crippen molar-refractivity contribution in [1.82, 2.24) is 25.4 Å². The zero-order chi connectivity index (χ0) is 20.6. The third-order valence-corrected chi connectivity index (χ3v) is 6.16. The van der Waals surface area contributed by atoms with Crippen LogP contribution in [0.3, 0.4) is 0 Å². The summed E-state index contributed by atoms with van der Waals surface area (Å²) in [7, 11) is 1.85. The van der Waals surface area contributed by atoms with Gasteiger partial charge in [0.05, 0.1) is 0 Å². The summed E-state index contributed by atoms with van der Waals surface area (Å²) < 4.78 is 2.35. The molecule has 0 saturated carbocycles. The van der Waals surface area contributed by atoms with Crippen molar-refractivity contribution in [2.24, 2.45) is 4.99 Å². The van der Waals surface area contributed by atoms with Crippen molar-refractivity contribution in [2.75, 3.05) is 31.6 Å². The highest BCUT2D eigenvalue weighted by Gasteiger charge is 2.21. The minimum Gasteiger partial charge on any atom is -0.369 e. The number of aliphatic imine (C=N–C) groups is 1. The number of guanidine groups is 1. The van der Waals surface area contributed by atoms with Gasteiger partial charge in [-0.05, 0) is 44.2 Å². The molecule has 1 atom stereocenters. The highest BCUT2D eigenvalue weighted by molar-refractivity contribution is 5.80. The van der Waals surface area contributed by atoms with E-state index < -0.39 is 0 Å². The van der Waals surface area contributed by atoms with Gasteiger partial charge in [0, 0.05) is 57.8 Å². The van der Waals surface area contributed by atoms with Crippen LogP contribution in [-0.4, -0.2) is 53.4 Å². The third kappa shape index (κ3) is 5.32. The minimum absolute atomic E-state index is 0.414. The number of fused-ring (bicyclic) bond motifs is 1. The molecule has 1 unspecified atom stereocenters. The second kappa shape index (κ2) is 10.5. The van der Waals surface area contributed by atoms with Gasteiger partial charge in [-0.2, -0.15) is 0 Å². The average Bonchev–Trinajstić information content (AvgIpc) is 3.02. The summed E-state index contributed by atoms with van der Waals surface area (Å²) in [4.78, 5) is 6.90. The lowest BCUT2D eigenvalue weighted by atomic mass is 10.1. The van der Waals surface area contributed by atoms with Crippen molar-refractivity contribution in [3.8, 4) is 0 Å². The Kier molecular flexibility index (Phi) is 7.21. The third-order valence-electron chi connectivity index (χ3n) is 6.16. The Morgan fingerprint density at radius 1 is 1.10 bits per heavy atom. The smallest absolute Gasteiger partial charge is 0.191 e. The zero-order valence-electron chi connectivity index (χ0n) is 18.2. The molecule has 2 aliphatic heterocycles. The van der Waals surface area contributed by atoms with Crippen LogP contribution in [0.2, 0.25) is 0 Å². The van der Waals surface area contributed by atoms with Gasteiger partial charge < -0.3 is 20.1 Å². The molecule has 7 heteroatoms. The van der Waals surface area contributed by atoms with Gasteiger partial charge in [-0.1, -0.05) is 24.6 Å². The van der Waals surface area contributed by atoms with E-state index in [9.17, 15) is 0 Å². The first-order valence-corrected chi connectivity index (χ1v) is 11.5. The number of anilines is 1. The first kappa shape index (κ1) is 20.7. The molecule has 162 valence electrons. The Morgan fingerprint density at radius 3 is 2.87 bits per heavy atom. The summed E-state index contributed by atoms with van der Waals surface area (Å²) >= 11 is 0. The van der Waals surface area contributed by atoms with E-state index in [1.54, 1.807) is 0 Å². The van der Waals surface area contributed by atoms with Crippen LogP contribution in [0, 0.1) is 0 Å². The van der Waals surface area contributed by atoms with Crippen molar-refractivity contribution in [3.63, 3.8) is 0 Å². The number of nitrogens with one attached hydrogen (secondary N) is 2. The second-order valence-electron chi connectivity index (χ2n) is 8.36. The molecule has 4 rings (SSSR count). The number of hydrogen-bond acceptors (Lipinski definition) is 4. The molecule has 1 aromatic carbocycles. The number of aryl methyl sites for hydroxylation is 2. The maximum Gasteiger partial charge on any atom is 0.191 e. The fourth-order valence-corrected chi connectivity index (χ4v) is 4.54. The normalized spacial score (nSPS) is 19.8. The Morgan fingerprint density at radius 2 is 2.00 bits per heavy atom. The van der Waals surface area contributed by atoms with E-state index in [1.165, 1.54) is 43.6 Å². The Labute approximate surface area is 180 Å². The maximum atomic E-state index is 4.44. The van der Waals surface area contributed by atoms with E-state index in [0.29, 0.717) is 6.04 Å². The molecule has 2 N–H and O–H groups in total. The van der Waals surface area contributed by atoms with E-state index in [4.69, 9.17) is 0 Å². The van der Waals surface area contributed by atoms with Gasteiger partial charge in [0.1, 0.15) is 11.6 Å². The SMILES string of the molecule is CN=C(NCCCc1nnc2n1CCCCC2)NC1CCCN(c2ccccc2)C1. The van der Waals surface area contributed by atoms with E-state index >= 15 is 0 Å². The van der Waals surface area contributed by atoms with Crippen LogP contribution in [0.25, 0.3) is 0 Å². The van der Waals surface area contributed by atoms with Crippen LogP contribution in [0.4, 0.5) is 5.69 Å². The number of piperidine rings is 1. The number of rotatable bonds is 6. The van der Waals surface area contributed by atoms with Crippen molar-refractivity contribution in [1.29, 1.82) is 0 Å². The van der Waals surface area contributed by atoms with E-state index in [1.807, 2.05) is 7.05 Å². The zero-order valence-corrected chi connectivity index (χ0v) is 18.2. The van der Waals surface area contributed by atoms with Crippen LogP contribution >= 0.6 is 0 Å². The highest BCUT2D eigenvalue weighted by atomic mass is 15.3. The number of aromatic nitrogens is 3. The van der Waals surface area contributed by atoms with Crippen LogP contribution < -0.4 is 15.5 Å². The minimum atomic E-state index is 0.414. The molecule has 1 aromatic heterocycles. The Balaban J connectivity index is 1.22. The van der Waals surface area contributed by atoms with Crippen molar-refractivity contribution >= 4 is 11.6 Å². The fraction of sp³-hybridized carbons (Fsp3) is 0.609. The van der Waals surface area contributed by atoms with Crippen LogP contribution in [-0.2, 0) is 19.4 Å². The lowest BCUT2D eigenvalue weighted by molar-refractivity contribution is 0.467. The maximum absolute atomic E-state index is 4.44. The Hall–Kier alpha value is -2.57. The molecule has 0 amide bonds. The van der Waals surface area contributed by atoms with Gasteiger partial charge in [0.2, 0.25) is 0 Å². The number of nitrogens with zero attached hydrogens (tertiary/aromatic N) is 5. The Bertz CT molecular complexity index is 814. The molecule has 1 saturated heterocycles. The van der Waals surface area contributed by atoms with Crippen LogP contribution in [0.15, 0.2) is 35.3 Å². The van der Waals surface area contributed by atoms with E-state index in [-0.39, 0.29) is 0 Å². The lowest BCUT2D eigenvalue weighted by Crippen LogP contribution is -2.51. The average molecular weight is 410 g/mol. The van der Waals surface area contributed by atoms with Gasteiger partial charge in [-0.3, -0.25) is 4.99 Å². The number of hydrogen-bond donors (Lipinski definition) is 2. The standard InChI is InChI=1S/C23H35N7/c1-24-23(26-19-10-9-16-29(18-19)20-11-4-2-5-12-20)25-15-8-14-22-28-27-21-13-6-3-7-17-30(21)22/h2,4-5,11-12,19H,3,6-10,13-18H2,1H3,(H2,24,25,26). The van der Waals surface area contributed by atoms with Gasteiger partial charge in [-0.25, -0.2) is 0 Å². The van der Waals surface area contributed by atoms with Gasteiger partial charge in [0.15, 0.2) is 5.96 Å². The molecule has 0 radical (unpaired) electrons. The van der Waals surface area contributed by atoms with E-state index in [0.717, 1.165) is 57.2 Å². The summed E-state index contributed by atoms with van der Waals surface area (Å²) in [6.07, 6.45) is 9.22. The largest absolute Gasteiger partial charge is 0.369 e. The molecule has 0 aliphatic carbocycles. The predicted molar refractivity (Wildman–Crippen MR) is 122 cm³/mol. The highest BCUT2D eigenvalue weighted by Crippen LogP contribution is 2.19. The van der Waals surface area contributed by atoms with Crippen LogP contribution in [0.1, 0.15) is 50.2 Å². The van der Waals surface area contributed by atoms with Gasteiger partial charge in [0.25, 0.3) is 0 Å². The summed E-state index contributed by atoms with van der Waals surface area (Å²) in [5.74, 6) is 3.21. The molecule has 0 bridgehead atoms. The molecule has 2 aromatic rings. The summed E-state index contributed by atoms with van der Waals surface area (Å²) in [6.45, 7) is 4.10. The monoisotopic (exact) mass is 409 g/mol. The van der Waals surface area contributed by atoms with Crippen LogP contribution in [0.5, 0.6) is 0 Å². The molecule has 2 aliphatic rings. The number of para-hydroxylation sites is 1.